The van der Waals surface area contributed by atoms with E-state index in [2.05, 4.69) is 40.1 Å². The van der Waals surface area contributed by atoms with E-state index in [0.717, 1.165) is 50.1 Å². The molecule has 0 radical (unpaired) electrons. The summed E-state index contributed by atoms with van der Waals surface area (Å²) in [4.78, 5) is 5.00. The molecule has 1 aliphatic carbocycles. The zero-order valence-electron chi connectivity index (χ0n) is 16.8. The molecule has 5 heteroatoms. The third kappa shape index (κ3) is 4.10. The molecule has 2 aromatic rings. The highest BCUT2D eigenvalue weighted by Crippen LogP contribution is 2.47. The van der Waals surface area contributed by atoms with E-state index in [4.69, 9.17) is 9.47 Å². The van der Waals surface area contributed by atoms with Gasteiger partial charge in [0.1, 0.15) is 0 Å². The third-order valence-corrected chi connectivity index (χ3v) is 6.10. The van der Waals surface area contributed by atoms with Crippen LogP contribution in [-0.4, -0.2) is 61.8 Å². The Labute approximate surface area is 167 Å². The monoisotopic (exact) mass is 382 g/mol. The number of hydrogen-bond donors (Lipinski definition) is 1. The predicted octanol–water partition coefficient (Wildman–Crippen LogP) is 3.33. The molecule has 2 atom stereocenters. The first-order valence-electron chi connectivity index (χ1n) is 10.1. The van der Waals surface area contributed by atoms with E-state index in [0.29, 0.717) is 11.5 Å². The summed E-state index contributed by atoms with van der Waals surface area (Å²) in [6.07, 6.45) is 1.32. The molecule has 0 aromatic heterocycles. The number of ether oxygens (including phenoxy) is 2. The van der Waals surface area contributed by atoms with Crippen LogP contribution in [0.1, 0.15) is 23.5 Å². The minimum atomic E-state index is 0.188. The van der Waals surface area contributed by atoms with E-state index in [9.17, 15) is 5.11 Å². The number of phenols is 1. The molecule has 1 heterocycles. The average molecular weight is 383 g/mol. The highest BCUT2D eigenvalue weighted by Gasteiger charge is 2.39. The molecule has 0 bridgehead atoms. The van der Waals surface area contributed by atoms with Crippen LogP contribution in [-0.2, 0) is 6.54 Å². The molecule has 150 valence electrons. The van der Waals surface area contributed by atoms with E-state index in [1.807, 2.05) is 12.1 Å². The summed E-state index contributed by atoms with van der Waals surface area (Å²) in [5.74, 6) is 2.73. The van der Waals surface area contributed by atoms with Gasteiger partial charge in [0, 0.05) is 44.8 Å². The SMILES string of the molecule is COc1ccc(CN2CCN(CC3CC3c3ccccc3)CC2)c(O)c1OC. The first kappa shape index (κ1) is 19.1. The Balaban J connectivity index is 1.27. The summed E-state index contributed by atoms with van der Waals surface area (Å²) in [6.45, 7) is 6.16. The number of hydrogen-bond acceptors (Lipinski definition) is 5. The third-order valence-electron chi connectivity index (χ3n) is 6.10. The van der Waals surface area contributed by atoms with Gasteiger partial charge in [-0.2, -0.15) is 0 Å². The molecule has 2 unspecified atom stereocenters. The fourth-order valence-electron chi connectivity index (χ4n) is 4.34. The summed E-state index contributed by atoms with van der Waals surface area (Å²) in [6, 6.07) is 14.7. The van der Waals surface area contributed by atoms with Crippen molar-refractivity contribution in [3.05, 3.63) is 53.6 Å². The van der Waals surface area contributed by atoms with Crippen molar-refractivity contribution in [1.82, 2.24) is 9.80 Å². The van der Waals surface area contributed by atoms with E-state index in [1.54, 1.807) is 14.2 Å². The van der Waals surface area contributed by atoms with E-state index in [1.165, 1.54) is 18.5 Å². The van der Waals surface area contributed by atoms with Crippen molar-refractivity contribution in [3.8, 4) is 17.2 Å². The second-order valence-electron chi connectivity index (χ2n) is 7.90. The van der Waals surface area contributed by atoms with Crippen molar-refractivity contribution in [2.24, 2.45) is 5.92 Å². The molecule has 0 amide bonds. The summed E-state index contributed by atoms with van der Waals surface area (Å²) < 4.78 is 10.6. The lowest BCUT2D eigenvalue weighted by Gasteiger charge is -2.35. The molecule has 2 fully saturated rings. The number of methoxy groups -OCH3 is 2. The van der Waals surface area contributed by atoms with Crippen molar-refractivity contribution < 1.29 is 14.6 Å². The fraction of sp³-hybridized carbons (Fsp3) is 0.478. The Hall–Kier alpha value is -2.24. The van der Waals surface area contributed by atoms with Crippen molar-refractivity contribution in [2.75, 3.05) is 46.9 Å². The van der Waals surface area contributed by atoms with Gasteiger partial charge >= 0.3 is 0 Å². The standard InChI is InChI=1S/C23H30N2O3/c1-27-21-9-8-18(22(26)23(21)28-2)15-24-10-12-25(13-11-24)16-19-14-20(19)17-6-4-3-5-7-17/h3-9,19-20,26H,10-16H2,1-2H3. The minimum Gasteiger partial charge on any atom is -0.504 e. The molecule has 5 nitrogen and oxygen atoms in total. The average Bonchev–Trinajstić information content (AvgIpc) is 3.50. The van der Waals surface area contributed by atoms with Crippen LogP contribution in [0.5, 0.6) is 17.2 Å². The first-order chi connectivity index (χ1) is 13.7. The van der Waals surface area contributed by atoms with Gasteiger partial charge in [0.25, 0.3) is 0 Å². The van der Waals surface area contributed by atoms with Crippen LogP contribution in [0.4, 0.5) is 0 Å². The fourth-order valence-corrected chi connectivity index (χ4v) is 4.34. The van der Waals surface area contributed by atoms with Crippen molar-refractivity contribution in [1.29, 1.82) is 0 Å². The number of phenolic OH excluding ortho intramolecular Hbond substituents is 1. The topological polar surface area (TPSA) is 45.2 Å². The van der Waals surface area contributed by atoms with Crippen molar-refractivity contribution in [2.45, 2.75) is 18.9 Å². The summed E-state index contributed by atoms with van der Waals surface area (Å²) in [5, 5.41) is 10.5. The number of nitrogens with zero attached hydrogens (tertiary/aromatic N) is 2. The van der Waals surface area contributed by atoms with Crippen molar-refractivity contribution >= 4 is 0 Å². The molecule has 1 saturated carbocycles. The van der Waals surface area contributed by atoms with Crippen LogP contribution in [0.3, 0.4) is 0 Å². The minimum absolute atomic E-state index is 0.188. The lowest BCUT2D eigenvalue weighted by molar-refractivity contribution is 0.122. The molecular formula is C23H30N2O3. The number of rotatable bonds is 7. The van der Waals surface area contributed by atoms with E-state index < -0.39 is 0 Å². The summed E-state index contributed by atoms with van der Waals surface area (Å²) in [5.41, 5.74) is 2.38. The molecule has 0 spiro atoms. The Morgan fingerprint density at radius 3 is 2.32 bits per heavy atom. The molecule has 2 aliphatic rings. The molecule has 1 saturated heterocycles. The normalized spacial score (nSPS) is 22.8. The van der Waals surface area contributed by atoms with E-state index >= 15 is 0 Å². The van der Waals surface area contributed by atoms with Gasteiger partial charge in [-0.05, 0) is 29.9 Å². The predicted molar refractivity (Wildman–Crippen MR) is 110 cm³/mol. The zero-order valence-corrected chi connectivity index (χ0v) is 16.8. The molecule has 1 aliphatic heterocycles. The van der Waals surface area contributed by atoms with Crippen LogP contribution in [0.15, 0.2) is 42.5 Å². The van der Waals surface area contributed by atoms with Crippen LogP contribution in [0.2, 0.25) is 0 Å². The van der Waals surface area contributed by atoms with Gasteiger partial charge in [0.2, 0.25) is 5.75 Å². The van der Waals surface area contributed by atoms with Crippen LogP contribution < -0.4 is 9.47 Å². The van der Waals surface area contributed by atoms with Gasteiger partial charge < -0.3 is 19.5 Å². The highest BCUT2D eigenvalue weighted by atomic mass is 16.5. The summed E-state index contributed by atoms with van der Waals surface area (Å²) in [7, 11) is 3.14. The molecule has 4 rings (SSSR count). The molecule has 28 heavy (non-hydrogen) atoms. The Kier molecular flexibility index (Phi) is 5.74. The lowest BCUT2D eigenvalue weighted by Crippen LogP contribution is -2.46. The second kappa shape index (κ2) is 8.41. The van der Waals surface area contributed by atoms with Gasteiger partial charge in [-0.15, -0.1) is 0 Å². The van der Waals surface area contributed by atoms with Crippen LogP contribution in [0, 0.1) is 5.92 Å². The van der Waals surface area contributed by atoms with Gasteiger partial charge in [-0.3, -0.25) is 4.90 Å². The number of benzene rings is 2. The maximum absolute atomic E-state index is 10.5. The Morgan fingerprint density at radius 2 is 1.64 bits per heavy atom. The largest absolute Gasteiger partial charge is 0.504 e. The smallest absolute Gasteiger partial charge is 0.203 e. The number of piperazine rings is 1. The highest BCUT2D eigenvalue weighted by molar-refractivity contribution is 5.54. The maximum Gasteiger partial charge on any atom is 0.203 e. The molecule has 2 aromatic carbocycles. The Bertz CT molecular complexity index is 788. The molecule has 1 N–H and O–H groups in total. The number of aromatic hydroxyl groups is 1. The quantitative estimate of drug-likeness (QED) is 0.796. The van der Waals surface area contributed by atoms with E-state index in [-0.39, 0.29) is 5.75 Å². The van der Waals surface area contributed by atoms with Gasteiger partial charge in [0.05, 0.1) is 14.2 Å². The van der Waals surface area contributed by atoms with Gasteiger partial charge in [0.15, 0.2) is 11.5 Å². The maximum atomic E-state index is 10.5. The summed E-state index contributed by atoms with van der Waals surface area (Å²) >= 11 is 0. The first-order valence-corrected chi connectivity index (χ1v) is 10.1. The van der Waals surface area contributed by atoms with Gasteiger partial charge in [-0.1, -0.05) is 36.4 Å². The lowest BCUT2D eigenvalue weighted by atomic mass is 10.1. The van der Waals surface area contributed by atoms with Crippen molar-refractivity contribution in [3.63, 3.8) is 0 Å². The second-order valence-corrected chi connectivity index (χ2v) is 7.90. The molecular weight excluding hydrogens is 352 g/mol. The van der Waals surface area contributed by atoms with Gasteiger partial charge in [-0.25, -0.2) is 0 Å². The zero-order chi connectivity index (χ0) is 19.5. The van der Waals surface area contributed by atoms with Crippen LogP contribution in [0.25, 0.3) is 0 Å². The van der Waals surface area contributed by atoms with Crippen LogP contribution >= 0.6 is 0 Å². The Morgan fingerprint density at radius 1 is 0.929 bits per heavy atom.